The smallest absolute Gasteiger partial charge is 0.0674 e. The van der Waals surface area contributed by atoms with Crippen molar-refractivity contribution in [2.45, 2.75) is 39.3 Å². The van der Waals surface area contributed by atoms with Crippen LogP contribution >= 0.6 is 0 Å². The van der Waals surface area contributed by atoms with Gasteiger partial charge in [0.05, 0.1) is 12.7 Å². The average molecular weight is 200 g/mol. The molecule has 0 aromatic heterocycles. The van der Waals surface area contributed by atoms with Gasteiger partial charge in [-0.2, -0.15) is 0 Å². The van der Waals surface area contributed by atoms with E-state index in [1.807, 2.05) is 0 Å². The minimum atomic E-state index is 0.405. The van der Waals surface area contributed by atoms with Crippen LogP contribution in [0.1, 0.15) is 27.2 Å². The standard InChI is InChI=1S/C11H24N2O/c1-4-5-12-10(2)8-13-6-7-14-11(3)9-13/h10-12H,4-9H2,1-3H3. The zero-order valence-electron chi connectivity index (χ0n) is 9.75. The number of hydrogen-bond acceptors (Lipinski definition) is 3. The molecule has 0 aliphatic carbocycles. The Bertz CT molecular complexity index is 152. The molecular weight excluding hydrogens is 176 g/mol. The number of hydrogen-bond donors (Lipinski definition) is 1. The van der Waals surface area contributed by atoms with E-state index in [2.05, 4.69) is 31.0 Å². The fourth-order valence-corrected chi connectivity index (χ4v) is 1.90. The summed E-state index contributed by atoms with van der Waals surface area (Å²) >= 11 is 0. The van der Waals surface area contributed by atoms with Gasteiger partial charge in [0.1, 0.15) is 0 Å². The van der Waals surface area contributed by atoms with Gasteiger partial charge in [-0.05, 0) is 26.8 Å². The highest BCUT2D eigenvalue weighted by Crippen LogP contribution is 2.04. The second-order valence-corrected chi connectivity index (χ2v) is 4.30. The third-order valence-electron chi connectivity index (χ3n) is 2.60. The Hall–Kier alpha value is -0.120. The molecule has 3 heteroatoms. The van der Waals surface area contributed by atoms with Gasteiger partial charge in [0.15, 0.2) is 0 Å². The summed E-state index contributed by atoms with van der Waals surface area (Å²) < 4.78 is 5.51. The van der Waals surface area contributed by atoms with Gasteiger partial charge in [-0.25, -0.2) is 0 Å². The Morgan fingerprint density at radius 2 is 2.36 bits per heavy atom. The minimum absolute atomic E-state index is 0.405. The average Bonchev–Trinajstić information content (AvgIpc) is 2.15. The summed E-state index contributed by atoms with van der Waals surface area (Å²) in [6.45, 7) is 11.9. The molecular formula is C11H24N2O. The van der Waals surface area contributed by atoms with Crippen molar-refractivity contribution in [1.82, 2.24) is 10.2 Å². The first kappa shape index (κ1) is 12.0. The van der Waals surface area contributed by atoms with Gasteiger partial charge in [0.25, 0.3) is 0 Å². The summed E-state index contributed by atoms with van der Waals surface area (Å²) in [7, 11) is 0. The van der Waals surface area contributed by atoms with Crippen molar-refractivity contribution in [2.75, 3.05) is 32.8 Å². The van der Waals surface area contributed by atoms with E-state index in [9.17, 15) is 0 Å². The van der Waals surface area contributed by atoms with Gasteiger partial charge in [0.2, 0.25) is 0 Å². The molecule has 1 saturated heterocycles. The molecule has 1 rings (SSSR count). The minimum Gasteiger partial charge on any atom is -0.376 e. The first-order valence-corrected chi connectivity index (χ1v) is 5.79. The maximum Gasteiger partial charge on any atom is 0.0674 e. The van der Waals surface area contributed by atoms with Gasteiger partial charge in [-0.15, -0.1) is 0 Å². The highest BCUT2D eigenvalue weighted by atomic mass is 16.5. The molecule has 2 atom stereocenters. The van der Waals surface area contributed by atoms with E-state index in [0.717, 1.165) is 32.8 Å². The van der Waals surface area contributed by atoms with E-state index in [1.54, 1.807) is 0 Å². The molecule has 14 heavy (non-hydrogen) atoms. The molecule has 1 heterocycles. The van der Waals surface area contributed by atoms with Crippen molar-refractivity contribution >= 4 is 0 Å². The van der Waals surface area contributed by atoms with Crippen molar-refractivity contribution in [2.24, 2.45) is 0 Å². The summed E-state index contributed by atoms with van der Waals surface area (Å²) in [6, 6.07) is 0.597. The number of nitrogens with zero attached hydrogens (tertiary/aromatic N) is 1. The van der Waals surface area contributed by atoms with Crippen LogP contribution in [0.15, 0.2) is 0 Å². The number of ether oxygens (including phenoxy) is 1. The van der Waals surface area contributed by atoms with Crippen LogP contribution in [0.4, 0.5) is 0 Å². The van der Waals surface area contributed by atoms with Crippen LogP contribution in [0, 0.1) is 0 Å². The van der Waals surface area contributed by atoms with Crippen LogP contribution < -0.4 is 5.32 Å². The van der Waals surface area contributed by atoms with Crippen LogP contribution in [0.5, 0.6) is 0 Å². The SMILES string of the molecule is CCCNC(C)CN1CCOC(C)C1. The maximum absolute atomic E-state index is 5.51. The van der Waals surface area contributed by atoms with Gasteiger partial charge >= 0.3 is 0 Å². The first-order chi connectivity index (χ1) is 6.72. The van der Waals surface area contributed by atoms with Crippen LogP contribution in [0.2, 0.25) is 0 Å². The lowest BCUT2D eigenvalue weighted by molar-refractivity contribution is -0.0203. The third-order valence-corrected chi connectivity index (χ3v) is 2.60. The van der Waals surface area contributed by atoms with Crippen molar-refractivity contribution < 1.29 is 4.74 Å². The highest BCUT2D eigenvalue weighted by Gasteiger charge is 2.17. The monoisotopic (exact) mass is 200 g/mol. The van der Waals surface area contributed by atoms with Crippen molar-refractivity contribution in [3.63, 3.8) is 0 Å². The van der Waals surface area contributed by atoms with Crippen LogP contribution in [-0.2, 0) is 4.74 Å². The maximum atomic E-state index is 5.51. The zero-order valence-corrected chi connectivity index (χ0v) is 9.75. The second-order valence-electron chi connectivity index (χ2n) is 4.30. The van der Waals surface area contributed by atoms with Crippen molar-refractivity contribution in [1.29, 1.82) is 0 Å². The Kier molecular flexibility index (Phi) is 5.45. The van der Waals surface area contributed by atoms with Crippen LogP contribution in [-0.4, -0.2) is 49.8 Å². The molecule has 1 N–H and O–H groups in total. The molecule has 0 aromatic rings. The van der Waals surface area contributed by atoms with Crippen molar-refractivity contribution in [3.05, 3.63) is 0 Å². The van der Waals surface area contributed by atoms with Gasteiger partial charge < -0.3 is 10.1 Å². The number of nitrogens with one attached hydrogen (secondary N) is 1. The summed E-state index contributed by atoms with van der Waals surface area (Å²) in [5.41, 5.74) is 0. The lowest BCUT2D eigenvalue weighted by Gasteiger charge is -2.33. The molecule has 0 bridgehead atoms. The normalized spacial score (nSPS) is 26.4. The molecule has 3 nitrogen and oxygen atoms in total. The second kappa shape index (κ2) is 6.38. The van der Waals surface area contributed by atoms with E-state index in [1.165, 1.54) is 6.42 Å². The Morgan fingerprint density at radius 1 is 1.57 bits per heavy atom. The Labute approximate surface area is 87.8 Å². The number of rotatable bonds is 5. The van der Waals surface area contributed by atoms with Crippen molar-refractivity contribution in [3.8, 4) is 0 Å². The topological polar surface area (TPSA) is 24.5 Å². The molecule has 0 aromatic carbocycles. The molecule has 0 amide bonds. The molecule has 84 valence electrons. The molecule has 1 fully saturated rings. The lowest BCUT2D eigenvalue weighted by Crippen LogP contribution is -2.47. The van der Waals surface area contributed by atoms with E-state index in [-0.39, 0.29) is 0 Å². The highest BCUT2D eigenvalue weighted by molar-refractivity contribution is 4.72. The van der Waals surface area contributed by atoms with E-state index in [0.29, 0.717) is 12.1 Å². The third kappa shape index (κ3) is 4.40. The lowest BCUT2D eigenvalue weighted by atomic mass is 10.2. The van der Waals surface area contributed by atoms with Gasteiger partial charge in [-0.1, -0.05) is 6.92 Å². The Morgan fingerprint density at radius 3 is 3.00 bits per heavy atom. The molecule has 0 spiro atoms. The van der Waals surface area contributed by atoms with Crippen LogP contribution in [0.25, 0.3) is 0 Å². The van der Waals surface area contributed by atoms with Crippen LogP contribution in [0.3, 0.4) is 0 Å². The van der Waals surface area contributed by atoms with E-state index < -0.39 is 0 Å². The summed E-state index contributed by atoms with van der Waals surface area (Å²) in [5, 5.41) is 3.51. The molecule has 1 aliphatic rings. The predicted octanol–water partition coefficient (Wildman–Crippen LogP) is 1.10. The fourth-order valence-electron chi connectivity index (χ4n) is 1.90. The first-order valence-electron chi connectivity index (χ1n) is 5.79. The summed E-state index contributed by atoms with van der Waals surface area (Å²) in [5.74, 6) is 0. The van der Waals surface area contributed by atoms with Gasteiger partial charge in [0, 0.05) is 25.7 Å². The quantitative estimate of drug-likeness (QED) is 0.719. The Balaban J connectivity index is 2.15. The van der Waals surface area contributed by atoms with Gasteiger partial charge in [-0.3, -0.25) is 4.90 Å². The predicted molar refractivity (Wildman–Crippen MR) is 59.6 cm³/mol. The summed E-state index contributed by atoms with van der Waals surface area (Å²) in [4.78, 5) is 2.49. The zero-order chi connectivity index (χ0) is 10.4. The summed E-state index contributed by atoms with van der Waals surface area (Å²) in [6.07, 6.45) is 1.62. The molecule has 0 saturated carbocycles. The largest absolute Gasteiger partial charge is 0.376 e. The number of morpholine rings is 1. The van der Waals surface area contributed by atoms with E-state index in [4.69, 9.17) is 4.74 Å². The molecule has 2 unspecified atom stereocenters. The molecule has 0 radical (unpaired) electrons. The fraction of sp³-hybridized carbons (Fsp3) is 1.00. The van der Waals surface area contributed by atoms with E-state index >= 15 is 0 Å². The molecule has 1 aliphatic heterocycles.